The summed E-state index contributed by atoms with van der Waals surface area (Å²) in [5.74, 6) is 0. The molecule has 0 unspecified atom stereocenters. The second-order valence-electron chi connectivity index (χ2n) is 3.14. The lowest BCUT2D eigenvalue weighted by atomic mass is 10.5. The van der Waals surface area contributed by atoms with Crippen LogP contribution in [0.4, 0.5) is 0 Å². The molecule has 0 fully saturated rings. The first-order valence-electron chi connectivity index (χ1n) is 5.23. The van der Waals surface area contributed by atoms with Crippen LogP contribution < -0.4 is 5.32 Å². The fourth-order valence-corrected chi connectivity index (χ4v) is 0.800. The maximum Gasteiger partial charge on any atom is 0.0686 e. The lowest BCUT2D eigenvalue weighted by Crippen LogP contribution is -2.26. The Bertz CT molecular complexity index is 232. The van der Waals surface area contributed by atoms with Crippen LogP contribution in [0.1, 0.15) is 6.92 Å². The van der Waals surface area contributed by atoms with Crippen LogP contribution in [0, 0.1) is 0 Å². The van der Waals surface area contributed by atoms with Crippen molar-refractivity contribution >= 4 is 6.21 Å². The molecule has 1 aliphatic heterocycles. The van der Waals surface area contributed by atoms with Crippen LogP contribution in [0.5, 0.6) is 0 Å². The number of nitrogens with one attached hydrogen (secondary N) is 1. The van der Waals surface area contributed by atoms with Crippen LogP contribution >= 0.6 is 0 Å². The molecule has 3 heteroatoms. The molecule has 3 nitrogen and oxygen atoms in total. The molecule has 1 heterocycles. The van der Waals surface area contributed by atoms with Crippen molar-refractivity contribution in [1.82, 2.24) is 10.2 Å². The topological polar surface area (TPSA) is 27.6 Å². The SMILES string of the molecule is C1=CC=CC=NC=1.CCN(C)CCNC. The average Bonchev–Trinajstić information content (AvgIpc) is 2.58. The van der Waals surface area contributed by atoms with Gasteiger partial charge >= 0.3 is 0 Å². The molecule has 0 bridgehead atoms. The third-order valence-electron chi connectivity index (χ3n) is 1.91. The van der Waals surface area contributed by atoms with Crippen molar-refractivity contribution in [2.24, 2.45) is 4.99 Å². The van der Waals surface area contributed by atoms with E-state index in [1.54, 1.807) is 12.4 Å². The Hall–Kier alpha value is -1.15. The monoisotopic (exact) mass is 207 g/mol. The lowest BCUT2D eigenvalue weighted by molar-refractivity contribution is 0.354. The van der Waals surface area contributed by atoms with Crippen LogP contribution in [0.25, 0.3) is 0 Å². The van der Waals surface area contributed by atoms with E-state index < -0.39 is 0 Å². The summed E-state index contributed by atoms with van der Waals surface area (Å²) in [4.78, 5) is 6.07. The molecule has 0 aromatic carbocycles. The van der Waals surface area contributed by atoms with Crippen molar-refractivity contribution in [3.63, 3.8) is 0 Å². The van der Waals surface area contributed by atoms with Crippen LogP contribution in [-0.2, 0) is 0 Å². The van der Waals surface area contributed by atoms with Crippen LogP contribution in [0.2, 0.25) is 0 Å². The largest absolute Gasteiger partial charge is 0.318 e. The van der Waals surface area contributed by atoms with Gasteiger partial charge in [-0.3, -0.25) is 4.99 Å². The van der Waals surface area contributed by atoms with E-state index in [2.05, 4.69) is 34.9 Å². The minimum atomic E-state index is 1.09. The Balaban J connectivity index is 0.000000262. The predicted molar refractivity (Wildman–Crippen MR) is 67.4 cm³/mol. The van der Waals surface area contributed by atoms with E-state index in [0.717, 1.165) is 19.6 Å². The molecular formula is C12H21N3. The van der Waals surface area contributed by atoms with E-state index in [1.165, 1.54) is 0 Å². The van der Waals surface area contributed by atoms with Gasteiger partial charge in [-0.05, 0) is 32.8 Å². The van der Waals surface area contributed by atoms with E-state index >= 15 is 0 Å². The highest BCUT2D eigenvalue weighted by molar-refractivity contribution is 5.72. The minimum Gasteiger partial charge on any atom is -0.318 e. The molecule has 0 spiro atoms. The summed E-state index contributed by atoms with van der Waals surface area (Å²) < 4.78 is 0. The molecule has 0 atom stereocenters. The summed E-state index contributed by atoms with van der Waals surface area (Å²) >= 11 is 0. The smallest absolute Gasteiger partial charge is 0.0686 e. The number of nitrogens with zero attached hydrogens (tertiary/aromatic N) is 2. The van der Waals surface area contributed by atoms with E-state index in [-0.39, 0.29) is 0 Å². The molecule has 84 valence electrons. The Labute approximate surface area is 92.9 Å². The van der Waals surface area contributed by atoms with Crippen LogP contribution in [0.15, 0.2) is 35.2 Å². The average molecular weight is 207 g/mol. The first-order chi connectivity index (χ1) is 7.31. The summed E-state index contributed by atoms with van der Waals surface area (Å²) in [6.07, 6.45) is 8.90. The highest BCUT2D eigenvalue weighted by Crippen LogP contribution is 1.78. The van der Waals surface area contributed by atoms with Gasteiger partial charge in [0.1, 0.15) is 0 Å². The predicted octanol–water partition coefficient (Wildman–Crippen LogP) is 1.45. The van der Waals surface area contributed by atoms with E-state index in [4.69, 9.17) is 0 Å². The molecule has 0 aliphatic carbocycles. The Morgan fingerprint density at radius 2 is 2.20 bits per heavy atom. The summed E-state index contributed by atoms with van der Waals surface area (Å²) in [5, 5.41) is 3.09. The molecule has 0 saturated heterocycles. The maximum absolute atomic E-state index is 3.79. The third kappa shape index (κ3) is 10.8. The Kier molecular flexibility index (Phi) is 10.1. The Morgan fingerprint density at radius 3 is 2.87 bits per heavy atom. The fraction of sp³-hybridized carbons (Fsp3) is 0.500. The quantitative estimate of drug-likeness (QED) is 0.707. The van der Waals surface area contributed by atoms with Gasteiger partial charge in [0.2, 0.25) is 0 Å². The number of aliphatic imine (C=N–C) groups is 1. The van der Waals surface area contributed by atoms with Crippen molar-refractivity contribution < 1.29 is 0 Å². The highest BCUT2D eigenvalue weighted by Gasteiger charge is 1.88. The van der Waals surface area contributed by atoms with Gasteiger partial charge in [0.05, 0.1) is 6.20 Å². The lowest BCUT2D eigenvalue weighted by Gasteiger charge is -2.11. The zero-order chi connectivity index (χ0) is 11.4. The van der Waals surface area contributed by atoms with Crippen molar-refractivity contribution in [3.05, 3.63) is 30.2 Å². The summed E-state index contributed by atoms with van der Waals surface area (Å²) in [5.41, 5.74) is 2.81. The van der Waals surface area contributed by atoms with Gasteiger partial charge in [0, 0.05) is 19.3 Å². The van der Waals surface area contributed by atoms with Crippen LogP contribution in [-0.4, -0.2) is 44.8 Å². The molecule has 0 amide bonds. The minimum absolute atomic E-state index is 1.09. The molecule has 1 aliphatic rings. The van der Waals surface area contributed by atoms with Gasteiger partial charge in [0.15, 0.2) is 0 Å². The third-order valence-corrected chi connectivity index (χ3v) is 1.91. The summed E-state index contributed by atoms with van der Waals surface area (Å²) in [6.45, 7) is 5.54. The van der Waals surface area contributed by atoms with Gasteiger partial charge in [-0.15, -0.1) is 5.73 Å². The van der Waals surface area contributed by atoms with Crippen molar-refractivity contribution in [1.29, 1.82) is 0 Å². The molecule has 15 heavy (non-hydrogen) atoms. The van der Waals surface area contributed by atoms with Gasteiger partial charge in [-0.25, -0.2) is 0 Å². The zero-order valence-electron chi connectivity index (χ0n) is 9.90. The summed E-state index contributed by atoms with van der Waals surface area (Å²) in [6, 6.07) is 0. The summed E-state index contributed by atoms with van der Waals surface area (Å²) in [7, 11) is 4.10. The normalized spacial score (nSPS) is 12.5. The highest BCUT2D eigenvalue weighted by atomic mass is 15.1. The molecule has 1 N–H and O–H groups in total. The van der Waals surface area contributed by atoms with E-state index in [9.17, 15) is 0 Å². The number of rotatable bonds is 4. The second-order valence-corrected chi connectivity index (χ2v) is 3.14. The van der Waals surface area contributed by atoms with Gasteiger partial charge < -0.3 is 10.2 Å². The molecular weight excluding hydrogens is 186 g/mol. The zero-order valence-corrected chi connectivity index (χ0v) is 9.90. The fourth-order valence-electron chi connectivity index (χ4n) is 0.800. The van der Waals surface area contributed by atoms with Crippen molar-refractivity contribution in [2.75, 3.05) is 33.7 Å². The number of hydrogen-bond donors (Lipinski definition) is 1. The van der Waals surface area contributed by atoms with Crippen molar-refractivity contribution in [2.45, 2.75) is 6.92 Å². The molecule has 0 aromatic heterocycles. The van der Waals surface area contributed by atoms with Crippen molar-refractivity contribution in [3.8, 4) is 0 Å². The first-order valence-corrected chi connectivity index (χ1v) is 5.23. The number of hydrogen-bond acceptors (Lipinski definition) is 3. The molecule has 0 saturated carbocycles. The molecule has 1 rings (SSSR count). The van der Waals surface area contributed by atoms with Gasteiger partial charge in [-0.2, -0.15) is 0 Å². The van der Waals surface area contributed by atoms with Gasteiger partial charge in [-0.1, -0.05) is 13.0 Å². The number of allylic oxidation sites excluding steroid dienone is 3. The maximum atomic E-state index is 3.79. The second kappa shape index (κ2) is 10.9. The standard InChI is InChI=1S/C6H16N2.C6H5N/c1-4-8(3)6-5-7-2;1-2-4-6-7-5-3-1/h7H,4-6H2,1-3H3;1-3,5-6H. The first kappa shape index (κ1) is 13.8. The van der Waals surface area contributed by atoms with E-state index in [0.29, 0.717) is 0 Å². The Morgan fingerprint density at radius 1 is 1.40 bits per heavy atom. The number of likely N-dealkylation sites (N-methyl/N-ethyl adjacent to an activating group) is 2. The van der Waals surface area contributed by atoms with E-state index in [1.807, 2.05) is 25.3 Å². The van der Waals surface area contributed by atoms with Gasteiger partial charge in [0.25, 0.3) is 0 Å². The molecule has 0 aromatic rings. The molecule has 0 radical (unpaired) electrons. The van der Waals surface area contributed by atoms with Crippen LogP contribution in [0.3, 0.4) is 0 Å².